The predicted molar refractivity (Wildman–Crippen MR) is 102 cm³/mol. The van der Waals surface area contributed by atoms with Crippen LogP contribution in [0.4, 0.5) is 5.69 Å². The number of halogens is 1. The first-order valence-electron chi connectivity index (χ1n) is 8.13. The van der Waals surface area contributed by atoms with Crippen LogP contribution in [0.2, 0.25) is 5.02 Å². The van der Waals surface area contributed by atoms with Gasteiger partial charge in [-0.3, -0.25) is 0 Å². The second-order valence-electron chi connectivity index (χ2n) is 5.79. The molecule has 0 radical (unpaired) electrons. The van der Waals surface area contributed by atoms with Gasteiger partial charge in [0.2, 0.25) is 0 Å². The summed E-state index contributed by atoms with van der Waals surface area (Å²) in [7, 11) is 0. The van der Waals surface area contributed by atoms with E-state index < -0.39 is 0 Å². The smallest absolute Gasteiger partial charge is 0.189 e. The summed E-state index contributed by atoms with van der Waals surface area (Å²) in [5.41, 5.74) is 1.71. The van der Waals surface area contributed by atoms with Crippen molar-refractivity contribution in [3.05, 3.63) is 59.1 Å². The molecule has 0 aliphatic heterocycles. The molecule has 24 heavy (non-hydrogen) atoms. The number of hydrogen-bond donors (Lipinski definition) is 1. The summed E-state index contributed by atoms with van der Waals surface area (Å²) in [5.74, 6) is 0.775. The van der Waals surface area contributed by atoms with Gasteiger partial charge in [0, 0.05) is 5.56 Å². The van der Waals surface area contributed by atoms with E-state index in [1.165, 1.54) is 12.8 Å². The van der Waals surface area contributed by atoms with Gasteiger partial charge in [-0.2, -0.15) is 0 Å². The molecule has 0 saturated heterocycles. The van der Waals surface area contributed by atoms with Crippen LogP contribution in [0.1, 0.15) is 31.2 Å². The van der Waals surface area contributed by atoms with Crippen LogP contribution in [0.5, 0.6) is 5.75 Å². The number of nitrogens with one attached hydrogen (secondary N) is 1. The van der Waals surface area contributed by atoms with Gasteiger partial charge in [0.05, 0.1) is 16.8 Å². The van der Waals surface area contributed by atoms with E-state index in [0.29, 0.717) is 22.9 Å². The van der Waals surface area contributed by atoms with E-state index in [-0.39, 0.29) is 0 Å². The molecular weight excluding hydrogens is 342 g/mol. The Morgan fingerprint density at radius 3 is 2.50 bits per heavy atom. The lowest BCUT2D eigenvalue weighted by molar-refractivity contribution is -0.0324. The van der Waals surface area contributed by atoms with E-state index in [9.17, 15) is 0 Å². The molecule has 2 aromatic rings. The third-order valence-electron chi connectivity index (χ3n) is 4.07. The molecule has 0 unspecified atom stereocenters. The molecule has 0 aromatic heterocycles. The fraction of sp³-hybridized carbons (Fsp3) is 0.316. The van der Waals surface area contributed by atoms with Crippen LogP contribution < -0.4 is 10.1 Å². The zero-order chi connectivity index (χ0) is 16.8. The molecule has 1 N–H and O–H groups in total. The first-order valence-corrected chi connectivity index (χ1v) is 8.91. The van der Waals surface area contributed by atoms with Crippen LogP contribution in [0, 0.1) is 0 Å². The number of hydrogen-bond acceptors (Lipinski definition) is 3. The van der Waals surface area contributed by atoms with Gasteiger partial charge < -0.3 is 14.8 Å². The quantitative estimate of drug-likeness (QED) is 0.549. The number of rotatable bonds is 6. The second kappa shape index (κ2) is 8.47. The maximum Gasteiger partial charge on any atom is 0.189 e. The summed E-state index contributed by atoms with van der Waals surface area (Å²) in [6.45, 7) is 0.298. The standard InChI is InChI=1S/C19H20ClNO2S/c20-17-7-3-4-8-18(17)21-19(24)14-9-11-16(12-10-14)23-13-22-15-5-1-2-6-15/h3-4,7-12,15H,1-2,5-6,13H2,(H,21,24). The van der Waals surface area contributed by atoms with Crippen LogP contribution in [0.15, 0.2) is 48.5 Å². The molecule has 1 aliphatic rings. The summed E-state index contributed by atoms with van der Waals surface area (Å²) >= 11 is 11.6. The maximum absolute atomic E-state index is 6.14. The van der Waals surface area contributed by atoms with Crippen LogP contribution in [-0.2, 0) is 4.74 Å². The molecule has 3 rings (SSSR count). The lowest BCUT2D eigenvalue weighted by atomic mass is 10.2. The van der Waals surface area contributed by atoms with Crippen molar-refractivity contribution in [2.24, 2.45) is 0 Å². The zero-order valence-corrected chi connectivity index (χ0v) is 14.9. The molecule has 1 aliphatic carbocycles. The van der Waals surface area contributed by atoms with Crippen molar-refractivity contribution in [1.82, 2.24) is 0 Å². The van der Waals surface area contributed by atoms with E-state index in [0.717, 1.165) is 29.8 Å². The Labute approximate surface area is 152 Å². The fourth-order valence-corrected chi connectivity index (χ4v) is 3.14. The van der Waals surface area contributed by atoms with E-state index >= 15 is 0 Å². The first kappa shape index (κ1) is 17.2. The molecule has 5 heteroatoms. The summed E-state index contributed by atoms with van der Waals surface area (Å²) in [5, 5.41) is 3.80. The number of benzene rings is 2. The minimum absolute atomic E-state index is 0.298. The van der Waals surface area contributed by atoms with Gasteiger partial charge >= 0.3 is 0 Å². The molecule has 0 heterocycles. The zero-order valence-electron chi connectivity index (χ0n) is 13.3. The van der Waals surface area contributed by atoms with Gasteiger partial charge in [-0.1, -0.05) is 48.8 Å². The molecule has 0 amide bonds. The Bertz CT molecular complexity index is 684. The number of ether oxygens (including phenoxy) is 2. The Hall–Kier alpha value is -1.62. The molecule has 1 saturated carbocycles. The molecule has 0 atom stereocenters. The van der Waals surface area contributed by atoms with Crippen molar-refractivity contribution in [3.8, 4) is 5.75 Å². The highest BCUT2D eigenvalue weighted by atomic mass is 35.5. The molecular formula is C19H20ClNO2S. The highest BCUT2D eigenvalue weighted by molar-refractivity contribution is 7.81. The van der Waals surface area contributed by atoms with Crippen molar-refractivity contribution < 1.29 is 9.47 Å². The highest BCUT2D eigenvalue weighted by Crippen LogP contribution is 2.23. The predicted octanol–water partition coefficient (Wildman–Crippen LogP) is 5.42. The van der Waals surface area contributed by atoms with Crippen LogP contribution in [-0.4, -0.2) is 17.9 Å². The van der Waals surface area contributed by atoms with Crippen LogP contribution in [0.25, 0.3) is 0 Å². The Balaban J connectivity index is 1.51. The monoisotopic (exact) mass is 361 g/mol. The molecule has 0 spiro atoms. The van der Waals surface area contributed by atoms with E-state index in [1.54, 1.807) is 0 Å². The molecule has 2 aromatic carbocycles. The SMILES string of the molecule is S=C(Nc1ccccc1Cl)c1ccc(OCOC2CCCC2)cc1. The molecule has 0 bridgehead atoms. The van der Waals surface area contributed by atoms with E-state index in [4.69, 9.17) is 33.3 Å². The summed E-state index contributed by atoms with van der Waals surface area (Å²) in [6, 6.07) is 15.2. The van der Waals surface area contributed by atoms with E-state index in [2.05, 4.69) is 5.32 Å². The molecule has 1 fully saturated rings. The van der Waals surface area contributed by atoms with Gasteiger partial charge in [0.25, 0.3) is 0 Å². The van der Waals surface area contributed by atoms with Crippen molar-refractivity contribution >= 4 is 34.5 Å². The summed E-state index contributed by atoms with van der Waals surface area (Å²) < 4.78 is 11.3. The first-order chi connectivity index (χ1) is 11.7. The lowest BCUT2D eigenvalue weighted by Crippen LogP contribution is -2.13. The van der Waals surface area contributed by atoms with Gasteiger partial charge in [-0.25, -0.2) is 0 Å². The maximum atomic E-state index is 6.14. The van der Waals surface area contributed by atoms with Crippen molar-refractivity contribution in [3.63, 3.8) is 0 Å². The van der Waals surface area contributed by atoms with Gasteiger partial charge in [-0.05, 0) is 49.2 Å². The molecule has 126 valence electrons. The van der Waals surface area contributed by atoms with Gasteiger partial charge in [0.15, 0.2) is 6.79 Å². The fourth-order valence-electron chi connectivity index (χ4n) is 2.71. The third kappa shape index (κ3) is 4.69. The highest BCUT2D eigenvalue weighted by Gasteiger charge is 2.15. The number of para-hydroxylation sites is 1. The van der Waals surface area contributed by atoms with Crippen LogP contribution >= 0.6 is 23.8 Å². The van der Waals surface area contributed by atoms with E-state index in [1.807, 2.05) is 48.5 Å². The summed E-state index contributed by atoms with van der Waals surface area (Å²) in [4.78, 5) is 0.622. The minimum atomic E-state index is 0.298. The van der Waals surface area contributed by atoms with Gasteiger partial charge in [0.1, 0.15) is 10.7 Å². The van der Waals surface area contributed by atoms with Gasteiger partial charge in [-0.15, -0.1) is 0 Å². The number of thiocarbonyl (C=S) groups is 1. The lowest BCUT2D eigenvalue weighted by Gasteiger charge is -2.13. The number of anilines is 1. The average molecular weight is 362 g/mol. The largest absolute Gasteiger partial charge is 0.468 e. The van der Waals surface area contributed by atoms with Crippen molar-refractivity contribution in [1.29, 1.82) is 0 Å². The van der Waals surface area contributed by atoms with Crippen molar-refractivity contribution in [2.75, 3.05) is 12.1 Å². The minimum Gasteiger partial charge on any atom is -0.468 e. The Morgan fingerprint density at radius 2 is 1.79 bits per heavy atom. The summed E-state index contributed by atoms with van der Waals surface area (Å²) in [6.07, 6.45) is 5.16. The van der Waals surface area contributed by atoms with Crippen LogP contribution in [0.3, 0.4) is 0 Å². The topological polar surface area (TPSA) is 30.5 Å². The van der Waals surface area contributed by atoms with Crippen molar-refractivity contribution in [2.45, 2.75) is 31.8 Å². The second-order valence-corrected chi connectivity index (χ2v) is 6.61. The molecule has 3 nitrogen and oxygen atoms in total. The Kier molecular flexibility index (Phi) is 6.07. The Morgan fingerprint density at radius 1 is 1.08 bits per heavy atom. The normalized spacial score (nSPS) is 14.5. The average Bonchev–Trinajstić information content (AvgIpc) is 3.11. The third-order valence-corrected chi connectivity index (χ3v) is 4.74.